The standard InChI is InChI=1S/C20H23N5/c1-2-14(15-7-11-22-17(15)3-1)12-23-20-16-6-9-21-10-8-18(16)24-19(25-20)13-4-5-13/h1-3,7,11,13,21-22H,4-6,8-10,12H2,(H,23,24,25). The average molecular weight is 333 g/mol. The van der Waals surface area contributed by atoms with E-state index >= 15 is 0 Å². The predicted octanol–water partition coefficient (Wildman–Crippen LogP) is 3.14. The van der Waals surface area contributed by atoms with E-state index in [9.17, 15) is 0 Å². The maximum Gasteiger partial charge on any atom is 0.134 e. The van der Waals surface area contributed by atoms with Gasteiger partial charge in [-0.2, -0.15) is 0 Å². The van der Waals surface area contributed by atoms with Crippen LogP contribution in [0.25, 0.3) is 10.9 Å². The second kappa shape index (κ2) is 6.15. The summed E-state index contributed by atoms with van der Waals surface area (Å²) in [5, 5.41) is 8.39. The lowest BCUT2D eigenvalue weighted by atomic mass is 10.1. The highest BCUT2D eigenvalue weighted by molar-refractivity contribution is 5.83. The molecule has 2 aliphatic rings. The molecule has 0 atom stereocenters. The average Bonchev–Trinajstić information content (AvgIpc) is 3.41. The van der Waals surface area contributed by atoms with Crippen molar-refractivity contribution in [3.05, 3.63) is 53.1 Å². The van der Waals surface area contributed by atoms with Crippen LogP contribution in [0.1, 0.15) is 41.4 Å². The smallest absolute Gasteiger partial charge is 0.134 e. The summed E-state index contributed by atoms with van der Waals surface area (Å²) in [5.74, 6) is 2.67. The summed E-state index contributed by atoms with van der Waals surface area (Å²) in [6.45, 7) is 2.80. The molecule has 2 aromatic heterocycles. The molecular formula is C20H23N5. The molecule has 1 aliphatic heterocycles. The first-order chi connectivity index (χ1) is 12.4. The highest BCUT2D eigenvalue weighted by Crippen LogP contribution is 2.39. The van der Waals surface area contributed by atoms with E-state index in [2.05, 4.69) is 39.9 Å². The van der Waals surface area contributed by atoms with Crippen molar-refractivity contribution in [2.45, 2.75) is 38.1 Å². The fourth-order valence-corrected chi connectivity index (χ4v) is 3.72. The first-order valence-corrected chi connectivity index (χ1v) is 9.28. The summed E-state index contributed by atoms with van der Waals surface area (Å²) in [4.78, 5) is 13.1. The Kier molecular flexibility index (Phi) is 3.67. The molecule has 3 aromatic rings. The molecule has 25 heavy (non-hydrogen) atoms. The van der Waals surface area contributed by atoms with Gasteiger partial charge in [-0.3, -0.25) is 0 Å². The maximum absolute atomic E-state index is 4.91. The van der Waals surface area contributed by atoms with Crippen LogP contribution in [0.2, 0.25) is 0 Å². The van der Waals surface area contributed by atoms with Gasteiger partial charge >= 0.3 is 0 Å². The molecule has 5 nitrogen and oxygen atoms in total. The Hall–Kier alpha value is -2.40. The van der Waals surface area contributed by atoms with Gasteiger partial charge in [0.25, 0.3) is 0 Å². The number of rotatable bonds is 4. The molecule has 3 N–H and O–H groups in total. The van der Waals surface area contributed by atoms with E-state index in [1.54, 1.807) is 0 Å². The Morgan fingerprint density at radius 1 is 1.08 bits per heavy atom. The van der Waals surface area contributed by atoms with E-state index in [0.717, 1.165) is 44.1 Å². The summed E-state index contributed by atoms with van der Waals surface area (Å²) in [5.41, 5.74) is 5.02. The van der Waals surface area contributed by atoms with Crippen molar-refractivity contribution in [1.82, 2.24) is 20.3 Å². The predicted molar refractivity (Wildman–Crippen MR) is 99.9 cm³/mol. The van der Waals surface area contributed by atoms with Crippen molar-refractivity contribution >= 4 is 16.7 Å². The van der Waals surface area contributed by atoms with Gasteiger partial charge in [0, 0.05) is 48.1 Å². The van der Waals surface area contributed by atoms with Crippen molar-refractivity contribution in [1.29, 1.82) is 0 Å². The zero-order chi connectivity index (χ0) is 16.6. The molecule has 1 fully saturated rings. The Balaban J connectivity index is 1.48. The number of anilines is 1. The van der Waals surface area contributed by atoms with Crippen molar-refractivity contribution in [2.24, 2.45) is 0 Å². The minimum atomic E-state index is 0.579. The van der Waals surface area contributed by atoms with Gasteiger partial charge in [0.15, 0.2) is 0 Å². The van der Waals surface area contributed by atoms with Gasteiger partial charge in [-0.05, 0) is 43.5 Å². The second-order valence-electron chi connectivity index (χ2n) is 7.09. The third-order valence-electron chi connectivity index (χ3n) is 5.27. The lowest BCUT2D eigenvalue weighted by Gasteiger charge is -2.15. The van der Waals surface area contributed by atoms with Crippen LogP contribution in [-0.2, 0) is 19.4 Å². The van der Waals surface area contributed by atoms with Crippen molar-refractivity contribution < 1.29 is 0 Å². The lowest BCUT2D eigenvalue weighted by molar-refractivity contribution is 0.707. The molecule has 0 spiro atoms. The van der Waals surface area contributed by atoms with Gasteiger partial charge in [-0.25, -0.2) is 9.97 Å². The van der Waals surface area contributed by atoms with Crippen LogP contribution in [0.5, 0.6) is 0 Å². The van der Waals surface area contributed by atoms with Crippen molar-refractivity contribution in [3.63, 3.8) is 0 Å². The minimum Gasteiger partial charge on any atom is -0.366 e. The molecule has 0 saturated heterocycles. The number of fused-ring (bicyclic) bond motifs is 2. The van der Waals surface area contributed by atoms with E-state index in [0.29, 0.717) is 5.92 Å². The van der Waals surface area contributed by atoms with E-state index in [1.165, 1.54) is 40.6 Å². The summed E-state index contributed by atoms with van der Waals surface area (Å²) < 4.78 is 0. The molecule has 1 aromatic carbocycles. The van der Waals surface area contributed by atoms with Crippen LogP contribution in [0.4, 0.5) is 5.82 Å². The number of aromatic nitrogens is 3. The number of H-pyrrole nitrogens is 1. The van der Waals surface area contributed by atoms with Crippen LogP contribution in [-0.4, -0.2) is 28.0 Å². The number of hydrogen-bond donors (Lipinski definition) is 3. The molecule has 0 radical (unpaired) electrons. The molecule has 3 heterocycles. The third kappa shape index (κ3) is 2.89. The molecule has 0 unspecified atom stereocenters. The van der Waals surface area contributed by atoms with Crippen molar-refractivity contribution in [3.8, 4) is 0 Å². The molecular weight excluding hydrogens is 310 g/mol. The highest BCUT2D eigenvalue weighted by atomic mass is 15.1. The molecule has 128 valence electrons. The highest BCUT2D eigenvalue weighted by Gasteiger charge is 2.29. The van der Waals surface area contributed by atoms with Crippen LogP contribution in [0, 0.1) is 0 Å². The van der Waals surface area contributed by atoms with Gasteiger partial charge in [-0.15, -0.1) is 0 Å². The minimum absolute atomic E-state index is 0.579. The Labute approximate surface area is 147 Å². The quantitative estimate of drug-likeness (QED) is 0.686. The number of nitrogens with one attached hydrogen (secondary N) is 3. The monoisotopic (exact) mass is 333 g/mol. The molecule has 0 bridgehead atoms. The van der Waals surface area contributed by atoms with Crippen molar-refractivity contribution in [2.75, 3.05) is 18.4 Å². The molecule has 0 amide bonds. The summed E-state index contributed by atoms with van der Waals surface area (Å²) in [6.07, 6.45) is 6.47. The fraction of sp³-hybridized carbons (Fsp3) is 0.400. The molecule has 5 heteroatoms. The van der Waals surface area contributed by atoms with Gasteiger partial charge < -0.3 is 15.6 Å². The SMILES string of the molecule is c1cc(CNc2nc(C3CC3)nc3c2CCNCC3)c2cc[nH]c2c1. The van der Waals surface area contributed by atoms with Crippen LogP contribution < -0.4 is 10.6 Å². The van der Waals surface area contributed by atoms with Gasteiger partial charge in [0.2, 0.25) is 0 Å². The Morgan fingerprint density at radius 3 is 2.92 bits per heavy atom. The number of benzene rings is 1. The fourth-order valence-electron chi connectivity index (χ4n) is 3.72. The summed E-state index contributed by atoms with van der Waals surface area (Å²) in [7, 11) is 0. The first kappa shape index (κ1) is 14.9. The van der Waals surface area contributed by atoms with Crippen LogP contribution in [0.3, 0.4) is 0 Å². The van der Waals surface area contributed by atoms with E-state index in [-0.39, 0.29) is 0 Å². The molecule has 5 rings (SSSR count). The number of hydrogen-bond acceptors (Lipinski definition) is 4. The van der Waals surface area contributed by atoms with Gasteiger partial charge in [0.1, 0.15) is 11.6 Å². The normalized spacial score (nSPS) is 17.3. The third-order valence-corrected chi connectivity index (χ3v) is 5.27. The van der Waals surface area contributed by atoms with E-state index in [1.807, 2.05) is 6.20 Å². The largest absolute Gasteiger partial charge is 0.366 e. The zero-order valence-corrected chi connectivity index (χ0v) is 14.3. The van der Waals surface area contributed by atoms with Gasteiger partial charge in [0.05, 0.1) is 5.69 Å². The number of aromatic amines is 1. The Bertz CT molecular complexity index is 910. The summed E-state index contributed by atoms with van der Waals surface area (Å²) >= 11 is 0. The second-order valence-corrected chi connectivity index (χ2v) is 7.09. The van der Waals surface area contributed by atoms with E-state index in [4.69, 9.17) is 9.97 Å². The van der Waals surface area contributed by atoms with Crippen LogP contribution in [0.15, 0.2) is 30.5 Å². The number of nitrogens with zero attached hydrogens (tertiary/aromatic N) is 2. The topological polar surface area (TPSA) is 65.6 Å². The Morgan fingerprint density at radius 2 is 2.00 bits per heavy atom. The maximum atomic E-state index is 4.91. The first-order valence-electron chi connectivity index (χ1n) is 9.28. The lowest BCUT2D eigenvalue weighted by Crippen LogP contribution is -2.16. The van der Waals surface area contributed by atoms with Gasteiger partial charge in [-0.1, -0.05) is 12.1 Å². The molecule has 1 saturated carbocycles. The van der Waals surface area contributed by atoms with Crippen LogP contribution >= 0.6 is 0 Å². The summed E-state index contributed by atoms with van der Waals surface area (Å²) in [6, 6.07) is 8.56. The zero-order valence-electron chi connectivity index (χ0n) is 14.3. The van der Waals surface area contributed by atoms with E-state index < -0.39 is 0 Å². The molecule has 1 aliphatic carbocycles.